The first-order valence-electron chi connectivity index (χ1n) is 4.59. The molecule has 14 heavy (non-hydrogen) atoms. The van der Waals surface area contributed by atoms with E-state index < -0.39 is 0 Å². The molecule has 0 spiro atoms. The lowest BCUT2D eigenvalue weighted by Gasteiger charge is -1.99. The Morgan fingerprint density at radius 3 is 3.14 bits per heavy atom. The molecule has 2 aromatic rings. The van der Waals surface area contributed by atoms with Crippen molar-refractivity contribution >= 4 is 17.1 Å². The van der Waals surface area contributed by atoms with Gasteiger partial charge < -0.3 is 10.3 Å². The van der Waals surface area contributed by atoms with Crippen LogP contribution < -0.4 is 5.73 Å². The lowest BCUT2D eigenvalue weighted by atomic mass is 10.1. The van der Waals surface area contributed by atoms with E-state index in [0.717, 1.165) is 16.6 Å². The summed E-state index contributed by atoms with van der Waals surface area (Å²) >= 11 is 0. The Kier molecular flexibility index (Phi) is 2.33. The first-order chi connectivity index (χ1) is 6.83. The zero-order chi connectivity index (χ0) is 9.97. The SMILES string of the molecule is Cn1cnc2cccc(/C=C/CN)c21. The van der Waals surface area contributed by atoms with E-state index in [2.05, 4.69) is 11.1 Å². The molecule has 0 saturated carbocycles. The molecule has 0 aliphatic rings. The molecule has 2 N–H and O–H groups in total. The van der Waals surface area contributed by atoms with Gasteiger partial charge in [0.05, 0.1) is 17.4 Å². The maximum Gasteiger partial charge on any atom is 0.0955 e. The summed E-state index contributed by atoms with van der Waals surface area (Å²) in [6, 6.07) is 6.08. The Morgan fingerprint density at radius 1 is 1.50 bits per heavy atom. The third kappa shape index (κ3) is 1.42. The molecule has 1 aromatic carbocycles. The first-order valence-corrected chi connectivity index (χ1v) is 4.59. The highest BCUT2D eigenvalue weighted by atomic mass is 15.0. The van der Waals surface area contributed by atoms with Crippen molar-refractivity contribution in [2.75, 3.05) is 6.54 Å². The predicted molar refractivity (Wildman–Crippen MR) is 58.8 cm³/mol. The van der Waals surface area contributed by atoms with Gasteiger partial charge in [-0.1, -0.05) is 24.3 Å². The van der Waals surface area contributed by atoms with Crippen LogP contribution in [0.4, 0.5) is 0 Å². The van der Waals surface area contributed by atoms with Crippen LogP contribution >= 0.6 is 0 Å². The highest BCUT2D eigenvalue weighted by molar-refractivity contribution is 5.85. The topological polar surface area (TPSA) is 43.8 Å². The smallest absolute Gasteiger partial charge is 0.0955 e. The molecule has 0 fully saturated rings. The minimum Gasteiger partial charge on any atom is -0.333 e. The van der Waals surface area contributed by atoms with Crippen LogP contribution in [0.2, 0.25) is 0 Å². The highest BCUT2D eigenvalue weighted by Crippen LogP contribution is 2.17. The number of hydrogen-bond acceptors (Lipinski definition) is 2. The Balaban J connectivity index is 2.63. The van der Waals surface area contributed by atoms with Gasteiger partial charge in [-0.15, -0.1) is 0 Å². The maximum atomic E-state index is 5.42. The molecule has 0 atom stereocenters. The van der Waals surface area contributed by atoms with Gasteiger partial charge in [0, 0.05) is 19.2 Å². The van der Waals surface area contributed by atoms with Crippen LogP contribution in [0.25, 0.3) is 17.1 Å². The van der Waals surface area contributed by atoms with Gasteiger partial charge in [0.2, 0.25) is 0 Å². The van der Waals surface area contributed by atoms with Crippen molar-refractivity contribution in [3.05, 3.63) is 36.2 Å². The number of imidazole rings is 1. The molecule has 3 nitrogen and oxygen atoms in total. The number of aryl methyl sites for hydroxylation is 1. The van der Waals surface area contributed by atoms with Crippen LogP contribution in [0.3, 0.4) is 0 Å². The largest absolute Gasteiger partial charge is 0.333 e. The van der Waals surface area contributed by atoms with E-state index in [1.54, 1.807) is 0 Å². The summed E-state index contributed by atoms with van der Waals surface area (Å²) in [7, 11) is 2.00. The van der Waals surface area contributed by atoms with Crippen molar-refractivity contribution < 1.29 is 0 Å². The summed E-state index contributed by atoms with van der Waals surface area (Å²) in [5, 5.41) is 0. The van der Waals surface area contributed by atoms with Gasteiger partial charge in [0.15, 0.2) is 0 Å². The molecule has 0 saturated heterocycles. The molecule has 72 valence electrons. The lowest BCUT2D eigenvalue weighted by molar-refractivity contribution is 0.946. The monoisotopic (exact) mass is 187 g/mol. The fourth-order valence-corrected chi connectivity index (χ4v) is 1.57. The first kappa shape index (κ1) is 8.97. The number of fused-ring (bicyclic) bond motifs is 1. The molecule has 0 aliphatic heterocycles. The molecular formula is C11H13N3. The van der Waals surface area contributed by atoms with E-state index in [1.165, 1.54) is 0 Å². The lowest BCUT2D eigenvalue weighted by Crippen LogP contribution is -1.93. The van der Waals surface area contributed by atoms with Gasteiger partial charge in [-0.05, 0) is 6.07 Å². The van der Waals surface area contributed by atoms with Gasteiger partial charge in [0.1, 0.15) is 0 Å². The van der Waals surface area contributed by atoms with Gasteiger partial charge in [-0.25, -0.2) is 4.98 Å². The van der Waals surface area contributed by atoms with E-state index in [0.29, 0.717) is 6.54 Å². The maximum absolute atomic E-state index is 5.42. The summed E-state index contributed by atoms with van der Waals surface area (Å²) in [6.07, 6.45) is 5.80. The Hall–Kier alpha value is -1.61. The van der Waals surface area contributed by atoms with Crippen molar-refractivity contribution in [2.45, 2.75) is 0 Å². The van der Waals surface area contributed by atoms with Gasteiger partial charge >= 0.3 is 0 Å². The molecule has 2 rings (SSSR count). The summed E-state index contributed by atoms with van der Waals surface area (Å²) in [6.45, 7) is 0.564. The molecule has 3 heteroatoms. The third-order valence-corrected chi connectivity index (χ3v) is 2.20. The molecule has 1 aromatic heterocycles. The minimum absolute atomic E-state index is 0.564. The van der Waals surface area contributed by atoms with E-state index >= 15 is 0 Å². The molecule has 1 heterocycles. The second-order valence-corrected chi connectivity index (χ2v) is 3.21. The number of benzene rings is 1. The zero-order valence-electron chi connectivity index (χ0n) is 8.14. The van der Waals surface area contributed by atoms with E-state index in [9.17, 15) is 0 Å². The summed E-state index contributed by atoms with van der Waals surface area (Å²) < 4.78 is 2.02. The molecule has 0 unspecified atom stereocenters. The Bertz CT molecular complexity index is 468. The van der Waals surface area contributed by atoms with Crippen molar-refractivity contribution in [1.82, 2.24) is 9.55 Å². The van der Waals surface area contributed by atoms with E-state index in [4.69, 9.17) is 5.73 Å². The predicted octanol–water partition coefficient (Wildman–Crippen LogP) is 1.55. The van der Waals surface area contributed by atoms with Crippen molar-refractivity contribution in [3.8, 4) is 0 Å². The van der Waals surface area contributed by atoms with Crippen molar-refractivity contribution in [1.29, 1.82) is 0 Å². The molecule has 0 aliphatic carbocycles. The number of hydrogen-bond donors (Lipinski definition) is 1. The van der Waals surface area contributed by atoms with Crippen molar-refractivity contribution in [3.63, 3.8) is 0 Å². The van der Waals surface area contributed by atoms with Crippen LogP contribution in [0.5, 0.6) is 0 Å². The number of nitrogens with two attached hydrogens (primary N) is 1. The van der Waals surface area contributed by atoms with E-state index in [-0.39, 0.29) is 0 Å². The standard InChI is InChI=1S/C11H13N3/c1-14-8-13-10-6-2-4-9(11(10)14)5-3-7-12/h2-6,8H,7,12H2,1H3/b5-3+. The molecular weight excluding hydrogens is 174 g/mol. The fourth-order valence-electron chi connectivity index (χ4n) is 1.57. The average Bonchev–Trinajstić information content (AvgIpc) is 2.58. The van der Waals surface area contributed by atoms with Crippen LogP contribution in [0.1, 0.15) is 5.56 Å². The van der Waals surface area contributed by atoms with Crippen molar-refractivity contribution in [2.24, 2.45) is 12.8 Å². The minimum atomic E-state index is 0.564. The molecule has 0 radical (unpaired) electrons. The zero-order valence-corrected chi connectivity index (χ0v) is 8.14. The van der Waals surface area contributed by atoms with Gasteiger partial charge in [-0.2, -0.15) is 0 Å². The van der Waals surface area contributed by atoms with E-state index in [1.807, 2.05) is 42.2 Å². The second kappa shape index (κ2) is 3.64. The van der Waals surface area contributed by atoms with Gasteiger partial charge in [0.25, 0.3) is 0 Å². The molecule has 0 bridgehead atoms. The normalized spacial score (nSPS) is 11.6. The summed E-state index contributed by atoms with van der Waals surface area (Å²) in [4.78, 5) is 4.28. The van der Waals surface area contributed by atoms with Crippen LogP contribution in [-0.4, -0.2) is 16.1 Å². The number of para-hydroxylation sites is 1. The quantitative estimate of drug-likeness (QED) is 0.775. The fraction of sp³-hybridized carbons (Fsp3) is 0.182. The molecule has 0 amide bonds. The second-order valence-electron chi connectivity index (χ2n) is 3.21. The van der Waals surface area contributed by atoms with Gasteiger partial charge in [-0.3, -0.25) is 0 Å². The van der Waals surface area contributed by atoms with Crippen LogP contribution in [-0.2, 0) is 7.05 Å². The number of nitrogens with zero attached hydrogens (tertiary/aromatic N) is 2. The third-order valence-electron chi connectivity index (χ3n) is 2.20. The van der Waals surface area contributed by atoms with Crippen LogP contribution in [0.15, 0.2) is 30.6 Å². The Labute approximate surface area is 82.9 Å². The summed E-state index contributed by atoms with van der Waals surface area (Å²) in [5.41, 5.74) is 8.75. The Morgan fingerprint density at radius 2 is 2.36 bits per heavy atom. The summed E-state index contributed by atoms with van der Waals surface area (Å²) in [5.74, 6) is 0. The highest BCUT2D eigenvalue weighted by Gasteiger charge is 2.01. The van der Waals surface area contributed by atoms with Crippen LogP contribution in [0, 0.1) is 0 Å². The number of aromatic nitrogens is 2. The average molecular weight is 187 g/mol. The number of rotatable bonds is 2.